The number of nitrogens with one attached hydrogen (secondary N) is 1. The number of anilines is 1. The number of nitrogens with two attached hydrogens (primary N) is 1. The molecular weight excluding hydrogens is 430 g/mol. The molecule has 3 rings (SSSR count). The molecule has 0 bridgehead atoms. The third-order valence-electron chi connectivity index (χ3n) is 3.76. The molecule has 0 saturated carbocycles. The minimum absolute atomic E-state index is 0.0228. The van der Waals surface area contributed by atoms with Crippen LogP contribution in [0.2, 0.25) is 0 Å². The van der Waals surface area contributed by atoms with Crippen molar-refractivity contribution in [1.82, 2.24) is 15.0 Å². The highest BCUT2D eigenvalue weighted by Crippen LogP contribution is 2.33. The SMILES string of the molecule is NS(=O)(=O)Cc1cccc(NC(=O)c2nnn(-c3cccc(F)c3)c2C(F)(F)F)c1. The van der Waals surface area contributed by atoms with E-state index in [0.29, 0.717) is 4.68 Å². The van der Waals surface area contributed by atoms with Crippen LogP contribution in [0.25, 0.3) is 5.69 Å². The van der Waals surface area contributed by atoms with Gasteiger partial charge in [-0.3, -0.25) is 4.79 Å². The van der Waals surface area contributed by atoms with E-state index in [4.69, 9.17) is 5.14 Å². The molecule has 1 amide bonds. The Hall–Kier alpha value is -3.32. The van der Waals surface area contributed by atoms with Gasteiger partial charge in [-0.2, -0.15) is 13.2 Å². The van der Waals surface area contributed by atoms with E-state index in [-0.39, 0.29) is 16.9 Å². The fourth-order valence-electron chi connectivity index (χ4n) is 2.64. The molecule has 0 aliphatic rings. The van der Waals surface area contributed by atoms with Gasteiger partial charge in [0.1, 0.15) is 5.82 Å². The Balaban J connectivity index is 1.96. The third kappa shape index (κ3) is 4.99. The van der Waals surface area contributed by atoms with E-state index < -0.39 is 45.1 Å². The summed E-state index contributed by atoms with van der Waals surface area (Å²) >= 11 is 0. The van der Waals surface area contributed by atoms with Gasteiger partial charge in [0, 0.05) is 5.69 Å². The number of sulfonamides is 1. The molecule has 1 heterocycles. The lowest BCUT2D eigenvalue weighted by atomic mass is 10.2. The lowest BCUT2D eigenvalue weighted by Gasteiger charge is -2.11. The molecule has 2 aromatic carbocycles. The topological polar surface area (TPSA) is 120 Å². The molecule has 158 valence electrons. The van der Waals surface area contributed by atoms with Gasteiger partial charge in [-0.25, -0.2) is 22.6 Å². The van der Waals surface area contributed by atoms with Gasteiger partial charge < -0.3 is 5.32 Å². The van der Waals surface area contributed by atoms with Crippen LogP contribution in [0, 0.1) is 5.82 Å². The predicted octanol–water partition coefficient (Wildman–Crippen LogP) is 2.47. The van der Waals surface area contributed by atoms with Crippen molar-refractivity contribution in [3.05, 3.63) is 71.3 Å². The quantitative estimate of drug-likeness (QED) is 0.587. The second kappa shape index (κ2) is 7.84. The number of halogens is 4. The van der Waals surface area contributed by atoms with Crippen LogP contribution >= 0.6 is 0 Å². The highest BCUT2D eigenvalue weighted by Gasteiger charge is 2.42. The number of rotatable bonds is 5. The van der Waals surface area contributed by atoms with Gasteiger partial charge in [0.05, 0.1) is 11.4 Å². The van der Waals surface area contributed by atoms with Crippen LogP contribution in [0.3, 0.4) is 0 Å². The van der Waals surface area contributed by atoms with E-state index >= 15 is 0 Å². The Labute approximate surface area is 167 Å². The highest BCUT2D eigenvalue weighted by molar-refractivity contribution is 7.88. The molecule has 0 unspecified atom stereocenters. The number of nitrogens with zero attached hydrogens (tertiary/aromatic N) is 3. The first-order valence-electron chi connectivity index (χ1n) is 8.13. The van der Waals surface area contributed by atoms with Crippen LogP contribution in [0.5, 0.6) is 0 Å². The number of benzene rings is 2. The van der Waals surface area contributed by atoms with Gasteiger partial charge in [-0.1, -0.05) is 23.4 Å². The zero-order valence-electron chi connectivity index (χ0n) is 14.9. The van der Waals surface area contributed by atoms with Crippen LogP contribution < -0.4 is 10.5 Å². The van der Waals surface area contributed by atoms with Crippen molar-refractivity contribution in [1.29, 1.82) is 0 Å². The van der Waals surface area contributed by atoms with E-state index in [1.54, 1.807) is 0 Å². The first-order valence-corrected chi connectivity index (χ1v) is 9.85. The molecule has 3 aromatic rings. The van der Waals surface area contributed by atoms with E-state index in [0.717, 1.165) is 12.1 Å². The van der Waals surface area contributed by atoms with Gasteiger partial charge in [0.15, 0.2) is 11.4 Å². The molecule has 0 aliphatic heterocycles. The van der Waals surface area contributed by atoms with Crippen molar-refractivity contribution in [3.8, 4) is 5.69 Å². The van der Waals surface area contributed by atoms with Crippen molar-refractivity contribution >= 4 is 21.6 Å². The minimum atomic E-state index is -5.03. The van der Waals surface area contributed by atoms with E-state index in [9.17, 15) is 30.8 Å². The van der Waals surface area contributed by atoms with Crippen molar-refractivity contribution in [2.75, 3.05) is 5.32 Å². The van der Waals surface area contributed by atoms with Crippen molar-refractivity contribution in [2.24, 2.45) is 5.14 Å². The Bertz CT molecular complexity index is 1210. The highest BCUT2D eigenvalue weighted by atomic mass is 32.2. The Morgan fingerprint density at radius 2 is 1.83 bits per heavy atom. The van der Waals surface area contributed by atoms with Crippen molar-refractivity contribution in [3.63, 3.8) is 0 Å². The first-order chi connectivity index (χ1) is 13.9. The van der Waals surface area contributed by atoms with Crippen LogP contribution in [0.4, 0.5) is 23.2 Å². The predicted molar refractivity (Wildman–Crippen MR) is 97.5 cm³/mol. The van der Waals surface area contributed by atoms with Crippen molar-refractivity contribution in [2.45, 2.75) is 11.9 Å². The number of amides is 1. The molecule has 0 radical (unpaired) electrons. The number of alkyl halides is 3. The van der Waals surface area contributed by atoms with Gasteiger partial charge in [-0.05, 0) is 35.9 Å². The molecule has 1 aromatic heterocycles. The van der Waals surface area contributed by atoms with Crippen LogP contribution in [-0.2, 0) is 22.0 Å². The third-order valence-corrected chi connectivity index (χ3v) is 4.50. The molecule has 13 heteroatoms. The lowest BCUT2D eigenvalue weighted by molar-refractivity contribution is -0.143. The number of carbonyl (C=O) groups excluding carboxylic acids is 1. The van der Waals surface area contributed by atoms with Crippen molar-refractivity contribution < 1.29 is 30.8 Å². The number of hydrogen-bond donors (Lipinski definition) is 2. The van der Waals surface area contributed by atoms with E-state index in [1.165, 1.54) is 36.4 Å². The van der Waals surface area contributed by atoms with Gasteiger partial charge >= 0.3 is 6.18 Å². The summed E-state index contributed by atoms with van der Waals surface area (Å²) in [5.74, 6) is -2.56. The molecule has 0 atom stereocenters. The largest absolute Gasteiger partial charge is 0.435 e. The smallest absolute Gasteiger partial charge is 0.321 e. The Kier molecular flexibility index (Phi) is 5.59. The molecule has 3 N–H and O–H groups in total. The minimum Gasteiger partial charge on any atom is -0.321 e. The van der Waals surface area contributed by atoms with E-state index in [2.05, 4.69) is 15.6 Å². The summed E-state index contributed by atoms with van der Waals surface area (Å²) in [4.78, 5) is 12.4. The molecular formula is C17H13F4N5O3S. The molecule has 30 heavy (non-hydrogen) atoms. The lowest BCUT2D eigenvalue weighted by Crippen LogP contribution is -2.21. The summed E-state index contributed by atoms with van der Waals surface area (Å²) in [5.41, 5.74) is -2.57. The zero-order valence-corrected chi connectivity index (χ0v) is 15.7. The Morgan fingerprint density at radius 3 is 2.47 bits per heavy atom. The molecule has 0 saturated heterocycles. The second-order valence-corrected chi connectivity index (χ2v) is 7.75. The normalized spacial score (nSPS) is 12.0. The average Bonchev–Trinajstić information content (AvgIpc) is 3.06. The summed E-state index contributed by atoms with van der Waals surface area (Å²) in [6.45, 7) is 0. The molecule has 0 spiro atoms. The number of primary sulfonamides is 1. The maximum absolute atomic E-state index is 13.6. The van der Waals surface area contributed by atoms with Crippen LogP contribution in [-0.4, -0.2) is 29.3 Å². The second-order valence-electron chi connectivity index (χ2n) is 6.14. The fourth-order valence-corrected chi connectivity index (χ4v) is 3.28. The van der Waals surface area contributed by atoms with Crippen LogP contribution in [0.15, 0.2) is 48.5 Å². The summed E-state index contributed by atoms with van der Waals surface area (Å²) in [6, 6.07) is 9.60. The zero-order chi connectivity index (χ0) is 22.1. The van der Waals surface area contributed by atoms with Gasteiger partial charge in [0.25, 0.3) is 5.91 Å². The number of carbonyl (C=O) groups is 1. The molecule has 0 fully saturated rings. The molecule has 0 aliphatic carbocycles. The standard InChI is InChI=1S/C17H13F4N5O3S/c18-11-4-2-6-13(8-11)26-15(17(19,20)21)14(24-25-26)16(27)23-12-5-1-3-10(7-12)9-30(22,28)29/h1-8H,9H2,(H,23,27)(H2,22,28,29). The van der Waals surface area contributed by atoms with Gasteiger partial charge in [-0.15, -0.1) is 5.10 Å². The maximum atomic E-state index is 13.6. The first kappa shape index (κ1) is 21.4. The fraction of sp³-hybridized carbons (Fsp3) is 0.118. The summed E-state index contributed by atoms with van der Waals surface area (Å²) < 4.78 is 77.0. The molecule has 8 nitrogen and oxygen atoms in total. The monoisotopic (exact) mass is 443 g/mol. The average molecular weight is 443 g/mol. The number of aromatic nitrogens is 3. The summed E-state index contributed by atoms with van der Waals surface area (Å²) in [7, 11) is -3.85. The summed E-state index contributed by atoms with van der Waals surface area (Å²) in [5, 5.41) is 13.8. The Morgan fingerprint density at radius 1 is 1.13 bits per heavy atom. The van der Waals surface area contributed by atoms with E-state index in [1.807, 2.05) is 0 Å². The number of hydrogen-bond acceptors (Lipinski definition) is 5. The summed E-state index contributed by atoms with van der Waals surface area (Å²) in [6.07, 6.45) is -5.03. The maximum Gasteiger partial charge on any atom is 0.435 e. The van der Waals surface area contributed by atoms with Gasteiger partial charge in [0.2, 0.25) is 10.0 Å². The van der Waals surface area contributed by atoms with Crippen LogP contribution in [0.1, 0.15) is 21.7 Å².